The number of nitrogens with one attached hydrogen (secondary N) is 2. The number of carbonyl (C=O) groups is 3. The molecule has 160 valence electrons. The largest absolute Gasteiger partial charge is 0.351 e. The van der Waals surface area contributed by atoms with Gasteiger partial charge in [-0.1, -0.05) is 18.2 Å². The Kier molecular flexibility index (Phi) is 6.69. The van der Waals surface area contributed by atoms with Crippen LogP contribution in [-0.2, 0) is 16.1 Å². The maximum atomic E-state index is 12.9. The molecule has 1 aliphatic heterocycles. The molecule has 7 nitrogen and oxygen atoms in total. The Labute approximate surface area is 191 Å². The smallest absolute Gasteiger partial charge is 0.255 e. The second kappa shape index (κ2) is 9.63. The van der Waals surface area contributed by atoms with Crippen molar-refractivity contribution in [2.24, 2.45) is 0 Å². The van der Waals surface area contributed by atoms with Gasteiger partial charge >= 0.3 is 0 Å². The number of thiophene rings is 1. The van der Waals surface area contributed by atoms with Crippen LogP contribution in [0.1, 0.15) is 22.2 Å². The third-order valence-electron chi connectivity index (χ3n) is 4.63. The van der Waals surface area contributed by atoms with Crippen molar-refractivity contribution in [3.05, 3.63) is 58.3 Å². The van der Waals surface area contributed by atoms with Crippen LogP contribution >= 0.6 is 34.4 Å². The number of anilines is 1. The molecule has 3 aromatic rings. The van der Waals surface area contributed by atoms with Gasteiger partial charge in [0.15, 0.2) is 5.13 Å². The van der Waals surface area contributed by atoms with Crippen molar-refractivity contribution >= 4 is 57.3 Å². The third-order valence-corrected chi connectivity index (χ3v) is 7.50. The molecule has 3 heterocycles. The van der Waals surface area contributed by atoms with Crippen molar-refractivity contribution in [1.29, 1.82) is 0 Å². The van der Waals surface area contributed by atoms with Gasteiger partial charge in [0.25, 0.3) is 5.91 Å². The minimum Gasteiger partial charge on any atom is -0.351 e. The molecule has 1 aliphatic rings. The normalized spacial score (nSPS) is 15.6. The van der Waals surface area contributed by atoms with Gasteiger partial charge in [0.05, 0.1) is 23.0 Å². The number of hydrogen-bond donors (Lipinski definition) is 2. The zero-order valence-corrected chi connectivity index (χ0v) is 19.1. The van der Waals surface area contributed by atoms with Gasteiger partial charge in [-0.05, 0) is 24.3 Å². The molecule has 10 heteroatoms. The lowest BCUT2D eigenvalue weighted by Gasteiger charge is -2.22. The van der Waals surface area contributed by atoms with E-state index in [2.05, 4.69) is 15.6 Å². The van der Waals surface area contributed by atoms with Crippen molar-refractivity contribution in [3.63, 3.8) is 0 Å². The molecule has 1 fully saturated rings. The number of hydrogen-bond acceptors (Lipinski definition) is 7. The van der Waals surface area contributed by atoms with E-state index >= 15 is 0 Å². The molecule has 2 N–H and O–H groups in total. The summed E-state index contributed by atoms with van der Waals surface area (Å²) in [6.45, 7) is 1.97. The summed E-state index contributed by atoms with van der Waals surface area (Å²) in [6.07, 6.45) is 0. The van der Waals surface area contributed by atoms with E-state index in [1.54, 1.807) is 40.1 Å². The zero-order valence-electron chi connectivity index (χ0n) is 16.7. The van der Waals surface area contributed by atoms with E-state index < -0.39 is 6.04 Å². The number of aromatic nitrogens is 1. The Balaban J connectivity index is 1.40. The second-order valence-electron chi connectivity index (χ2n) is 6.86. The highest BCUT2D eigenvalue weighted by Crippen LogP contribution is 2.31. The lowest BCUT2D eigenvalue weighted by molar-refractivity contribution is -0.120. The molecule has 3 amide bonds. The maximum absolute atomic E-state index is 12.9. The lowest BCUT2D eigenvalue weighted by atomic mass is 10.1. The molecule has 0 radical (unpaired) electrons. The van der Waals surface area contributed by atoms with Crippen LogP contribution in [0.25, 0.3) is 10.6 Å². The molecule has 0 bridgehead atoms. The van der Waals surface area contributed by atoms with E-state index in [-0.39, 0.29) is 17.7 Å². The second-order valence-corrected chi connectivity index (χ2v) is 9.89. The molecular formula is C21H20N4O3S3. The molecule has 0 unspecified atom stereocenters. The van der Waals surface area contributed by atoms with E-state index in [4.69, 9.17) is 0 Å². The number of thioether (sulfide) groups is 1. The van der Waals surface area contributed by atoms with Crippen molar-refractivity contribution in [2.45, 2.75) is 19.5 Å². The van der Waals surface area contributed by atoms with Crippen LogP contribution in [0, 0.1) is 0 Å². The van der Waals surface area contributed by atoms with Crippen LogP contribution in [0.3, 0.4) is 0 Å². The van der Waals surface area contributed by atoms with Gasteiger partial charge < -0.3 is 15.5 Å². The van der Waals surface area contributed by atoms with Crippen molar-refractivity contribution in [3.8, 4) is 10.6 Å². The van der Waals surface area contributed by atoms with E-state index in [9.17, 15) is 14.4 Å². The minimum atomic E-state index is -0.531. The van der Waals surface area contributed by atoms with E-state index in [0.717, 1.165) is 15.4 Å². The molecule has 2 aromatic heterocycles. The van der Waals surface area contributed by atoms with Gasteiger partial charge in [0.2, 0.25) is 11.8 Å². The van der Waals surface area contributed by atoms with Gasteiger partial charge in [0, 0.05) is 28.5 Å². The highest BCUT2D eigenvalue weighted by atomic mass is 32.2. The number of rotatable bonds is 6. The summed E-state index contributed by atoms with van der Waals surface area (Å²) in [4.78, 5) is 44.9. The van der Waals surface area contributed by atoms with Crippen LogP contribution in [-0.4, -0.2) is 45.3 Å². The number of amides is 3. The highest BCUT2D eigenvalue weighted by molar-refractivity contribution is 7.99. The molecule has 31 heavy (non-hydrogen) atoms. The molecule has 0 saturated carbocycles. The van der Waals surface area contributed by atoms with Crippen LogP contribution in [0.4, 0.5) is 5.13 Å². The topological polar surface area (TPSA) is 91.4 Å². The van der Waals surface area contributed by atoms with Gasteiger partial charge in [0.1, 0.15) is 6.04 Å². The Morgan fingerprint density at radius 3 is 2.74 bits per heavy atom. The van der Waals surface area contributed by atoms with Gasteiger partial charge in [-0.25, -0.2) is 4.98 Å². The van der Waals surface area contributed by atoms with Gasteiger partial charge in [-0.2, -0.15) is 0 Å². The average Bonchev–Trinajstić information content (AvgIpc) is 3.52. The summed E-state index contributed by atoms with van der Waals surface area (Å²) < 4.78 is 0. The average molecular weight is 473 g/mol. The van der Waals surface area contributed by atoms with Crippen molar-refractivity contribution < 1.29 is 14.4 Å². The number of nitrogens with zero attached hydrogens (tertiary/aromatic N) is 2. The fraction of sp³-hybridized carbons (Fsp3) is 0.238. The molecule has 1 aromatic carbocycles. The summed E-state index contributed by atoms with van der Waals surface area (Å²) in [5.74, 6) is 0.600. The maximum Gasteiger partial charge on any atom is 0.255 e. The van der Waals surface area contributed by atoms with Crippen LogP contribution in [0.5, 0.6) is 0 Å². The minimum absolute atomic E-state index is 0.0709. The molecular weight excluding hydrogens is 452 g/mol. The lowest BCUT2D eigenvalue weighted by Crippen LogP contribution is -2.44. The Hall–Kier alpha value is -2.69. The third kappa shape index (κ3) is 5.15. The van der Waals surface area contributed by atoms with Crippen molar-refractivity contribution in [2.75, 3.05) is 16.9 Å². The van der Waals surface area contributed by atoms with Crippen LogP contribution < -0.4 is 10.6 Å². The van der Waals surface area contributed by atoms with Gasteiger partial charge in [-0.15, -0.1) is 34.4 Å². The first kappa shape index (κ1) is 21.5. The Morgan fingerprint density at radius 1 is 1.16 bits per heavy atom. The SMILES string of the molecule is CC(=O)NCc1ccc(-c2csc(NC(=O)[C@@H]3CSCN3C(=O)c3ccccc3)n2)s1. The van der Waals surface area contributed by atoms with E-state index in [0.29, 0.717) is 28.9 Å². The summed E-state index contributed by atoms with van der Waals surface area (Å²) in [5.41, 5.74) is 1.35. The van der Waals surface area contributed by atoms with Gasteiger partial charge in [-0.3, -0.25) is 14.4 Å². The fourth-order valence-electron chi connectivity index (χ4n) is 3.06. The summed E-state index contributed by atoms with van der Waals surface area (Å²) in [5, 5.41) is 8.03. The predicted molar refractivity (Wildman–Crippen MR) is 125 cm³/mol. The first-order valence-electron chi connectivity index (χ1n) is 9.55. The Bertz CT molecular complexity index is 1100. The summed E-state index contributed by atoms with van der Waals surface area (Å²) >= 11 is 4.46. The Morgan fingerprint density at radius 2 is 1.97 bits per heavy atom. The number of benzene rings is 1. The molecule has 1 atom stereocenters. The van der Waals surface area contributed by atoms with Crippen LogP contribution in [0.2, 0.25) is 0 Å². The standard InChI is InChI=1S/C21H20N4O3S3/c1-13(26)22-9-15-7-8-18(31-15)16-10-30-21(23-16)24-19(27)17-11-29-12-25(17)20(28)14-5-3-2-4-6-14/h2-8,10,17H,9,11-12H2,1H3,(H,22,26)(H,23,24,27)/t17-/m0/s1. The van der Waals surface area contributed by atoms with Crippen LogP contribution in [0.15, 0.2) is 47.8 Å². The molecule has 4 rings (SSSR count). The number of carbonyl (C=O) groups excluding carboxylic acids is 3. The first-order chi connectivity index (χ1) is 15.0. The quantitative estimate of drug-likeness (QED) is 0.571. The molecule has 0 aliphatic carbocycles. The monoisotopic (exact) mass is 472 g/mol. The number of thiazole rings is 1. The predicted octanol–water partition coefficient (Wildman–Crippen LogP) is 3.66. The summed E-state index contributed by atoms with van der Waals surface area (Å²) in [7, 11) is 0. The van der Waals surface area contributed by atoms with Crippen molar-refractivity contribution in [1.82, 2.24) is 15.2 Å². The van der Waals surface area contributed by atoms with E-state index in [1.807, 2.05) is 35.7 Å². The highest BCUT2D eigenvalue weighted by Gasteiger charge is 2.35. The fourth-order valence-corrected chi connectivity index (χ4v) is 5.91. The molecule has 1 saturated heterocycles. The first-order valence-corrected chi connectivity index (χ1v) is 12.4. The summed E-state index contributed by atoms with van der Waals surface area (Å²) in [6, 6.07) is 12.4. The molecule has 0 spiro atoms. The van der Waals surface area contributed by atoms with E-state index in [1.165, 1.54) is 18.3 Å². The zero-order chi connectivity index (χ0) is 21.8.